The van der Waals surface area contributed by atoms with Gasteiger partial charge in [-0.1, -0.05) is 31.9 Å². The van der Waals surface area contributed by atoms with Gasteiger partial charge in [0.05, 0.1) is 12.8 Å². The van der Waals surface area contributed by atoms with Gasteiger partial charge in [0, 0.05) is 18.8 Å². The molecule has 2 heterocycles. The molecule has 1 saturated carbocycles. The molecule has 4 rings (SSSR count). The largest absolute Gasteiger partial charge is 0.497 e. The van der Waals surface area contributed by atoms with Crippen LogP contribution in [0.5, 0.6) is 5.75 Å². The van der Waals surface area contributed by atoms with Crippen molar-refractivity contribution < 1.29 is 14.3 Å². The smallest absolute Gasteiger partial charge is 0.249 e. The maximum Gasteiger partial charge on any atom is 0.249 e. The molecule has 0 bridgehead atoms. The Morgan fingerprint density at radius 1 is 1.17 bits per heavy atom. The molecule has 1 aliphatic carbocycles. The van der Waals surface area contributed by atoms with E-state index in [1.165, 1.54) is 6.42 Å². The minimum absolute atomic E-state index is 0.0404. The van der Waals surface area contributed by atoms with Crippen molar-refractivity contribution in [2.75, 3.05) is 7.11 Å². The van der Waals surface area contributed by atoms with Crippen molar-refractivity contribution in [3.8, 4) is 5.75 Å². The van der Waals surface area contributed by atoms with Gasteiger partial charge in [0.2, 0.25) is 11.8 Å². The number of amides is 2. The van der Waals surface area contributed by atoms with Crippen LogP contribution in [0.1, 0.15) is 49.9 Å². The van der Waals surface area contributed by atoms with Gasteiger partial charge in [-0.05, 0) is 48.6 Å². The number of rotatable bonds is 5. The van der Waals surface area contributed by atoms with Crippen LogP contribution >= 0.6 is 0 Å². The van der Waals surface area contributed by atoms with Crippen molar-refractivity contribution in [1.29, 1.82) is 0 Å². The summed E-state index contributed by atoms with van der Waals surface area (Å²) in [6.45, 7) is 2.86. The summed E-state index contributed by atoms with van der Waals surface area (Å²) in [6.07, 6.45) is 6.39. The van der Waals surface area contributed by atoms with E-state index in [4.69, 9.17) is 4.74 Å². The van der Waals surface area contributed by atoms with Crippen molar-refractivity contribution in [2.24, 2.45) is 5.92 Å². The molecule has 1 N–H and O–H groups in total. The van der Waals surface area contributed by atoms with E-state index < -0.39 is 6.04 Å². The summed E-state index contributed by atoms with van der Waals surface area (Å²) in [5.74, 6) is 1.12. The van der Waals surface area contributed by atoms with Crippen molar-refractivity contribution in [3.05, 3.63) is 53.9 Å². The number of hydrogen-bond donors (Lipinski definition) is 1. The number of benzene rings is 1. The van der Waals surface area contributed by atoms with Crippen molar-refractivity contribution in [1.82, 2.24) is 14.8 Å². The molecule has 1 fully saturated rings. The highest BCUT2D eigenvalue weighted by molar-refractivity contribution is 5.90. The topological polar surface area (TPSA) is 63.6 Å². The summed E-state index contributed by atoms with van der Waals surface area (Å²) in [5, 5.41) is 3.26. The Bertz CT molecular complexity index is 874. The summed E-state index contributed by atoms with van der Waals surface area (Å²) < 4.78 is 7.11. The van der Waals surface area contributed by atoms with Crippen LogP contribution in [0.25, 0.3) is 0 Å². The van der Waals surface area contributed by atoms with Crippen molar-refractivity contribution >= 4 is 11.8 Å². The zero-order valence-electron chi connectivity index (χ0n) is 17.1. The lowest BCUT2D eigenvalue weighted by Crippen LogP contribution is -2.51. The number of fused-ring (bicyclic) bond motifs is 1. The lowest BCUT2D eigenvalue weighted by atomic mass is 9.85. The fourth-order valence-electron chi connectivity index (χ4n) is 4.54. The Balaban J connectivity index is 1.59. The third-order valence-corrected chi connectivity index (χ3v) is 6.28. The van der Waals surface area contributed by atoms with Gasteiger partial charge in [-0.2, -0.15) is 0 Å². The van der Waals surface area contributed by atoms with Gasteiger partial charge in [-0.25, -0.2) is 0 Å². The number of hydrogen-bond acceptors (Lipinski definition) is 3. The number of carbonyl (C=O) groups is 2. The molecule has 2 aromatic rings. The van der Waals surface area contributed by atoms with E-state index in [2.05, 4.69) is 12.2 Å². The third kappa shape index (κ3) is 4.02. The summed E-state index contributed by atoms with van der Waals surface area (Å²) in [4.78, 5) is 28.0. The first-order valence-electron chi connectivity index (χ1n) is 10.4. The number of aromatic nitrogens is 1. The van der Waals surface area contributed by atoms with Gasteiger partial charge in [0.15, 0.2) is 6.04 Å². The molecule has 0 spiro atoms. The van der Waals surface area contributed by atoms with E-state index in [0.29, 0.717) is 12.5 Å². The van der Waals surface area contributed by atoms with E-state index in [0.717, 1.165) is 36.3 Å². The van der Waals surface area contributed by atoms with Crippen molar-refractivity contribution in [2.45, 2.75) is 57.8 Å². The average Bonchev–Trinajstić information content (AvgIpc) is 3.18. The second-order valence-corrected chi connectivity index (χ2v) is 8.21. The molecule has 1 aliphatic heterocycles. The summed E-state index contributed by atoms with van der Waals surface area (Å²) in [7, 11) is 1.63. The predicted molar refractivity (Wildman–Crippen MR) is 110 cm³/mol. The van der Waals surface area contributed by atoms with E-state index in [1.54, 1.807) is 12.0 Å². The van der Waals surface area contributed by atoms with E-state index in [9.17, 15) is 9.59 Å². The van der Waals surface area contributed by atoms with Gasteiger partial charge in [0.25, 0.3) is 0 Å². The molecule has 154 valence electrons. The van der Waals surface area contributed by atoms with Crippen LogP contribution in [0.2, 0.25) is 0 Å². The van der Waals surface area contributed by atoms with E-state index in [-0.39, 0.29) is 24.4 Å². The van der Waals surface area contributed by atoms with Crippen LogP contribution in [-0.2, 0) is 22.7 Å². The quantitative estimate of drug-likeness (QED) is 0.845. The molecule has 0 radical (unpaired) electrons. The molecular formula is C23H29N3O3. The van der Waals surface area contributed by atoms with Crippen LogP contribution in [0, 0.1) is 5.92 Å². The van der Waals surface area contributed by atoms with Gasteiger partial charge >= 0.3 is 0 Å². The van der Waals surface area contributed by atoms with Gasteiger partial charge in [0.1, 0.15) is 12.3 Å². The van der Waals surface area contributed by atoms with Crippen molar-refractivity contribution in [3.63, 3.8) is 0 Å². The number of nitrogens with one attached hydrogen (secondary N) is 1. The molecule has 6 nitrogen and oxygen atoms in total. The van der Waals surface area contributed by atoms with Crippen LogP contribution in [0.15, 0.2) is 42.6 Å². The third-order valence-electron chi connectivity index (χ3n) is 6.28. The lowest BCUT2D eigenvalue weighted by Gasteiger charge is -2.38. The standard InChI is InChI=1S/C23H29N3O3/c1-16-6-3-4-7-19(16)24-23(28)22-20-8-5-13-25(20)15-21(27)26(22)14-17-9-11-18(29-2)12-10-17/h5,8-13,16,19,22H,3-4,6-7,14-15H2,1-2H3,(H,24,28)/t16-,19+,22-/m1/s1. The number of nitrogens with zero attached hydrogens (tertiary/aromatic N) is 2. The van der Waals surface area contributed by atoms with Gasteiger partial charge in [-0.3, -0.25) is 9.59 Å². The highest BCUT2D eigenvalue weighted by atomic mass is 16.5. The number of ether oxygens (including phenoxy) is 1. The van der Waals surface area contributed by atoms with E-state index >= 15 is 0 Å². The Morgan fingerprint density at radius 3 is 2.66 bits per heavy atom. The Labute approximate surface area is 171 Å². The van der Waals surface area contributed by atoms with Gasteiger partial charge in [-0.15, -0.1) is 0 Å². The summed E-state index contributed by atoms with van der Waals surface area (Å²) in [6, 6.07) is 11.1. The number of carbonyl (C=O) groups excluding carboxylic acids is 2. The highest BCUT2D eigenvalue weighted by Gasteiger charge is 2.38. The molecule has 1 aromatic carbocycles. The molecule has 29 heavy (non-hydrogen) atoms. The molecule has 6 heteroatoms. The monoisotopic (exact) mass is 395 g/mol. The fourth-order valence-corrected chi connectivity index (χ4v) is 4.54. The maximum absolute atomic E-state index is 13.4. The van der Waals surface area contributed by atoms with E-state index in [1.807, 2.05) is 47.2 Å². The fraction of sp³-hybridized carbons (Fsp3) is 0.478. The lowest BCUT2D eigenvalue weighted by molar-refractivity contribution is -0.145. The summed E-state index contributed by atoms with van der Waals surface area (Å²) in [5.41, 5.74) is 1.85. The Morgan fingerprint density at radius 2 is 1.93 bits per heavy atom. The van der Waals surface area contributed by atoms with Gasteiger partial charge < -0.3 is 19.5 Å². The first-order chi connectivity index (χ1) is 14.1. The first kappa shape index (κ1) is 19.6. The Hall–Kier alpha value is -2.76. The maximum atomic E-state index is 13.4. The predicted octanol–water partition coefficient (Wildman–Crippen LogP) is 3.28. The molecule has 1 aromatic heterocycles. The zero-order valence-corrected chi connectivity index (χ0v) is 17.1. The molecule has 2 aliphatic rings. The molecule has 3 atom stereocenters. The normalized spacial score (nSPS) is 24.1. The second kappa shape index (κ2) is 8.31. The Kier molecular flexibility index (Phi) is 5.60. The summed E-state index contributed by atoms with van der Waals surface area (Å²) >= 11 is 0. The molecule has 0 unspecified atom stereocenters. The number of methoxy groups -OCH3 is 1. The van der Waals surface area contributed by atoms with Crippen LogP contribution in [0.4, 0.5) is 0 Å². The molecule has 2 amide bonds. The minimum atomic E-state index is -0.609. The first-order valence-corrected chi connectivity index (χ1v) is 10.4. The van der Waals surface area contributed by atoms with Crippen LogP contribution < -0.4 is 10.1 Å². The molecular weight excluding hydrogens is 366 g/mol. The van der Waals surface area contributed by atoms with Crippen LogP contribution in [0.3, 0.4) is 0 Å². The average molecular weight is 396 g/mol. The van der Waals surface area contributed by atoms with Crippen LogP contribution in [-0.4, -0.2) is 34.4 Å². The minimum Gasteiger partial charge on any atom is -0.497 e. The highest BCUT2D eigenvalue weighted by Crippen LogP contribution is 2.31. The molecule has 0 saturated heterocycles. The second-order valence-electron chi connectivity index (χ2n) is 8.21. The SMILES string of the molecule is COc1ccc(CN2C(=O)Cn3cccc3[C@@H]2C(=O)N[C@H]2CCCC[C@H]2C)cc1. The zero-order chi connectivity index (χ0) is 20.4.